The van der Waals surface area contributed by atoms with Crippen LogP contribution in [-0.2, 0) is 16.1 Å². The summed E-state index contributed by atoms with van der Waals surface area (Å²) in [5.41, 5.74) is 5.77. The Morgan fingerprint density at radius 2 is 2.25 bits per heavy atom. The Balaban J connectivity index is 2.78. The molecule has 0 saturated heterocycles. The summed E-state index contributed by atoms with van der Waals surface area (Å²) in [6.07, 6.45) is 0. The standard InChI is InChI=1S/C13H23N5O2/c1-5-20-8-11-16-10(14)6-12(17-11)18(4)7-9(2)13(19)15-3/h6,9H,5,7-8H2,1-4H3,(H,15,19)(H2,14,16,17). The van der Waals surface area contributed by atoms with E-state index in [4.69, 9.17) is 10.5 Å². The first-order valence-corrected chi connectivity index (χ1v) is 6.61. The van der Waals surface area contributed by atoms with Gasteiger partial charge in [0.1, 0.15) is 18.2 Å². The fourth-order valence-electron chi connectivity index (χ4n) is 1.79. The molecule has 1 atom stereocenters. The first-order chi connectivity index (χ1) is 9.47. The molecule has 7 nitrogen and oxygen atoms in total. The zero-order valence-electron chi connectivity index (χ0n) is 12.5. The lowest BCUT2D eigenvalue weighted by molar-refractivity contribution is -0.123. The van der Waals surface area contributed by atoms with Gasteiger partial charge in [-0.3, -0.25) is 4.79 Å². The van der Waals surface area contributed by atoms with Crippen LogP contribution in [0.25, 0.3) is 0 Å². The molecule has 1 rings (SSSR count). The third-order valence-electron chi connectivity index (χ3n) is 2.85. The molecular formula is C13H23N5O2. The highest BCUT2D eigenvalue weighted by Gasteiger charge is 2.15. The second-order valence-electron chi connectivity index (χ2n) is 4.60. The quantitative estimate of drug-likeness (QED) is 0.752. The Morgan fingerprint density at radius 3 is 2.85 bits per heavy atom. The first-order valence-electron chi connectivity index (χ1n) is 6.61. The van der Waals surface area contributed by atoms with E-state index in [0.29, 0.717) is 37.2 Å². The van der Waals surface area contributed by atoms with E-state index in [0.717, 1.165) is 0 Å². The second-order valence-corrected chi connectivity index (χ2v) is 4.60. The summed E-state index contributed by atoms with van der Waals surface area (Å²) in [7, 11) is 3.49. The highest BCUT2D eigenvalue weighted by atomic mass is 16.5. The summed E-state index contributed by atoms with van der Waals surface area (Å²) in [5, 5.41) is 2.63. The molecule has 0 aliphatic carbocycles. The largest absolute Gasteiger partial charge is 0.384 e. The lowest BCUT2D eigenvalue weighted by atomic mass is 10.1. The van der Waals surface area contributed by atoms with Crippen LogP contribution < -0.4 is 16.0 Å². The molecule has 7 heteroatoms. The maximum absolute atomic E-state index is 11.5. The van der Waals surface area contributed by atoms with Crippen molar-refractivity contribution in [2.75, 3.05) is 37.9 Å². The van der Waals surface area contributed by atoms with Crippen molar-refractivity contribution in [3.8, 4) is 0 Å². The molecule has 3 N–H and O–H groups in total. The topological polar surface area (TPSA) is 93.4 Å². The zero-order valence-corrected chi connectivity index (χ0v) is 12.5. The lowest BCUT2D eigenvalue weighted by Gasteiger charge is -2.22. The van der Waals surface area contributed by atoms with Gasteiger partial charge in [-0.1, -0.05) is 6.92 Å². The molecule has 1 heterocycles. The molecule has 0 aliphatic heterocycles. The van der Waals surface area contributed by atoms with E-state index in [9.17, 15) is 4.79 Å². The molecule has 1 unspecified atom stereocenters. The van der Waals surface area contributed by atoms with Crippen molar-refractivity contribution in [3.63, 3.8) is 0 Å². The number of amides is 1. The molecule has 0 aliphatic rings. The maximum atomic E-state index is 11.5. The number of rotatable bonds is 7. The summed E-state index contributed by atoms with van der Waals surface area (Å²) in [4.78, 5) is 21.9. The molecule has 0 fully saturated rings. The highest BCUT2D eigenvalue weighted by molar-refractivity contribution is 5.78. The Morgan fingerprint density at radius 1 is 1.55 bits per heavy atom. The molecule has 1 aromatic rings. The summed E-state index contributed by atoms with van der Waals surface area (Å²) in [6.45, 7) is 5.24. The monoisotopic (exact) mass is 281 g/mol. The summed E-state index contributed by atoms with van der Waals surface area (Å²) in [6, 6.07) is 1.69. The second kappa shape index (κ2) is 7.64. The van der Waals surface area contributed by atoms with E-state index in [1.165, 1.54) is 0 Å². The number of nitrogen functional groups attached to an aromatic ring is 1. The predicted molar refractivity (Wildman–Crippen MR) is 78.3 cm³/mol. The van der Waals surface area contributed by atoms with Gasteiger partial charge in [0.25, 0.3) is 0 Å². The minimum absolute atomic E-state index is 0.00609. The van der Waals surface area contributed by atoms with E-state index in [2.05, 4.69) is 15.3 Å². The maximum Gasteiger partial charge on any atom is 0.224 e. The SMILES string of the molecule is CCOCc1nc(N)cc(N(C)CC(C)C(=O)NC)n1. The van der Waals surface area contributed by atoms with Gasteiger partial charge < -0.3 is 20.7 Å². The highest BCUT2D eigenvalue weighted by Crippen LogP contribution is 2.14. The van der Waals surface area contributed by atoms with Crippen LogP contribution in [-0.4, -0.2) is 43.1 Å². The fourth-order valence-corrected chi connectivity index (χ4v) is 1.79. The number of anilines is 2. The summed E-state index contributed by atoms with van der Waals surface area (Å²) in [5.74, 6) is 1.47. The number of nitrogens with zero attached hydrogens (tertiary/aromatic N) is 3. The molecule has 0 spiro atoms. The summed E-state index contributed by atoms with van der Waals surface area (Å²) >= 11 is 0. The van der Waals surface area contributed by atoms with Crippen molar-refractivity contribution in [1.82, 2.24) is 15.3 Å². The number of hydrogen-bond donors (Lipinski definition) is 2. The Kier molecular flexibility index (Phi) is 6.17. The van der Waals surface area contributed by atoms with Gasteiger partial charge in [-0.2, -0.15) is 0 Å². The van der Waals surface area contributed by atoms with E-state index in [1.54, 1.807) is 13.1 Å². The van der Waals surface area contributed by atoms with Gasteiger partial charge in [0.15, 0.2) is 5.82 Å². The third-order valence-corrected chi connectivity index (χ3v) is 2.85. The molecule has 0 aromatic carbocycles. The van der Waals surface area contributed by atoms with Crippen molar-refractivity contribution in [3.05, 3.63) is 11.9 Å². The van der Waals surface area contributed by atoms with Crippen molar-refractivity contribution >= 4 is 17.5 Å². The molecular weight excluding hydrogens is 258 g/mol. The Labute approximate surface area is 119 Å². The molecule has 0 saturated carbocycles. The molecule has 20 heavy (non-hydrogen) atoms. The molecule has 1 amide bonds. The van der Waals surface area contributed by atoms with E-state index in [-0.39, 0.29) is 11.8 Å². The van der Waals surface area contributed by atoms with Crippen LogP contribution in [0.15, 0.2) is 6.07 Å². The number of carbonyl (C=O) groups is 1. The Bertz CT molecular complexity index is 452. The summed E-state index contributed by atoms with van der Waals surface area (Å²) < 4.78 is 5.28. The molecule has 0 bridgehead atoms. The molecule has 112 valence electrons. The van der Waals surface area contributed by atoms with Crippen LogP contribution in [0.5, 0.6) is 0 Å². The van der Waals surface area contributed by atoms with Gasteiger partial charge >= 0.3 is 0 Å². The van der Waals surface area contributed by atoms with E-state index >= 15 is 0 Å². The van der Waals surface area contributed by atoms with Crippen molar-refractivity contribution < 1.29 is 9.53 Å². The number of hydrogen-bond acceptors (Lipinski definition) is 6. The van der Waals surface area contributed by atoms with Gasteiger partial charge in [0.2, 0.25) is 5.91 Å². The van der Waals surface area contributed by atoms with Crippen LogP contribution in [0.3, 0.4) is 0 Å². The van der Waals surface area contributed by atoms with Crippen LogP contribution >= 0.6 is 0 Å². The number of ether oxygens (including phenoxy) is 1. The average molecular weight is 281 g/mol. The van der Waals surface area contributed by atoms with Gasteiger partial charge in [-0.05, 0) is 6.92 Å². The molecule has 1 aromatic heterocycles. The van der Waals surface area contributed by atoms with Crippen LogP contribution in [0.2, 0.25) is 0 Å². The van der Waals surface area contributed by atoms with Crippen molar-refractivity contribution in [1.29, 1.82) is 0 Å². The number of aromatic nitrogens is 2. The number of nitrogens with two attached hydrogens (primary N) is 1. The normalized spacial score (nSPS) is 12.0. The van der Waals surface area contributed by atoms with E-state index in [1.807, 2.05) is 25.8 Å². The van der Waals surface area contributed by atoms with Gasteiger partial charge in [0, 0.05) is 33.3 Å². The lowest BCUT2D eigenvalue weighted by Crippen LogP contribution is -2.34. The zero-order chi connectivity index (χ0) is 15.1. The van der Waals surface area contributed by atoms with Crippen molar-refractivity contribution in [2.45, 2.75) is 20.5 Å². The van der Waals surface area contributed by atoms with E-state index < -0.39 is 0 Å². The van der Waals surface area contributed by atoms with Crippen LogP contribution in [0, 0.1) is 5.92 Å². The fraction of sp³-hybridized carbons (Fsp3) is 0.615. The minimum Gasteiger partial charge on any atom is -0.384 e. The minimum atomic E-state index is -0.142. The van der Waals surface area contributed by atoms with Crippen LogP contribution in [0.4, 0.5) is 11.6 Å². The molecule has 0 radical (unpaired) electrons. The number of nitrogens with one attached hydrogen (secondary N) is 1. The predicted octanol–water partition coefficient (Wildman–Crippen LogP) is 0.414. The van der Waals surface area contributed by atoms with Gasteiger partial charge in [-0.25, -0.2) is 9.97 Å². The third kappa shape index (κ3) is 4.65. The van der Waals surface area contributed by atoms with Gasteiger partial charge in [0.05, 0.1) is 5.92 Å². The van der Waals surface area contributed by atoms with Crippen LogP contribution in [0.1, 0.15) is 19.7 Å². The number of carbonyl (C=O) groups excluding carboxylic acids is 1. The smallest absolute Gasteiger partial charge is 0.224 e. The average Bonchev–Trinajstić information content (AvgIpc) is 2.43. The first kappa shape index (κ1) is 16.2. The van der Waals surface area contributed by atoms with Gasteiger partial charge in [-0.15, -0.1) is 0 Å². The Hall–Kier alpha value is -1.89. The van der Waals surface area contributed by atoms with Crippen molar-refractivity contribution in [2.24, 2.45) is 5.92 Å².